The van der Waals surface area contributed by atoms with E-state index in [1.165, 1.54) is 20.8 Å². The van der Waals surface area contributed by atoms with Gasteiger partial charge in [-0.15, -0.1) is 0 Å². The maximum atomic E-state index is 11.2. The first-order valence-corrected chi connectivity index (χ1v) is 3.54. The lowest BCUT2D eigenvalue weighted by atomic mass is 10.0. The van der Waals surface area contributed by atoms with E-state index in [0.29, 0.717) is 0 Å². The number of aliphatic hydroxyl groups is 1. The second-order valence-corrected chi connectivity index (χ2v) is 2.90. The third-order valence-electron chi connectivity index (χ3n) is 1.70. The highest BCUT2D eigenvalue weighted by Gasteiger charge is 2.44. The topological polar surface area (TPSA) is 63.6 Å². The van der Waals surface area contributed by atoms with Crippen molar-refractivity contribution in [1.29, 1.82) is 0 Å². The molecular weight excluding hydrogens is 160 g/mol. The van der Waals surface area contributed by atoms with Crippen LogP contribution in [0.3, 0.4) is 0 Å². The van der Waals surface area contributed by atoms with Gasteiger partial charge in [0.1, 0.15) is 11.3 Å². The van der Waals surface area contributed by atoms with Crippen LogP contribution in [0.2, 0.25) is 0 Å². The van der Waals surface area contributed by atoms with Crippen molar-refractivity contribution >= 4 is 11.6 Å². The summed E-state index contributed by atoms with van der Waals surface area (Å²) in [4.78, 5) is 22.1. The number of allylic oxidation sites excluding steroid dienone is 1. The minimum atomic E-state index is -1.86. The molecule has 1 heterocycles. The maximum absolute atomic E-state index is 11.2. The highest BCUT2D eigenvalue weighted by atomic mass is 16.6. The van der Waals surface area contributed by atoms with Gasteiger partial charge >= 0.3 is 0 Å². The van der Waals surface area contributed by atoms with Gasteiger partial charge in [-0.2, -0.15) is 0 Å². The summed E-state index contributed by atoms with van der Waals surface area (Å²) in [7, 11) is 0. The summed E-state index contributed by atoms with van der Waals surface area (Å²) in [5.74, 6) is -2.70. The fourth-order valence-corrected chi connectivity index (χ4v) is 1.20. The highest BCUT2D eigenvalue weighted by molar-refractivity contribution is 6.23. The van der Waals surface area contributed by atoms with Gasteiger partial charge in [0.05, 0.1) is 0 Å². The zero-order chi connectivity index (χ0) is 9.52. The van der Waals surface area contributed by atoms with Crippen LogP contribution in [0.25, 0.3) is 0 Å². The Bertz CT molecular complexity index is 285. The molecule has 0 spiro atoms. The Morgan fingerprint density at radius 1 is 1.58 bits per heavy atom. The Balaban J connectivity index is 3.10. The molecule has 0 fully saturated rings. The van der Waals surface area contributed by atoms with Crippen molar-refractivity contribution in [3.05, 3.63) is 11.3 Å². The van der Waals surface area contributed by atoms with Crippen LogP contribution >= 0.6 is 0 Å². The van der Waals surface area contributed by atoms with Gasteiger partial charge in [-0.1, -0.05) is 0 Å². The number of Topliss-reactive ketones (excluding diaryl/α,β-unsaturated/α-hetero) is 2. The van der Waals surface area contributed by atoms with Crippen LogP contribution in [0.1, 0.15) is 20.8 Å². The molecule has 0 aromatic rings. The largest absolute Gasteiger partial charge is 0.459 e. The molecule has 1 N–H and O–H groups in total. The SMILES string of the molecule is CC(=O)C1=C(C)O[C@](C)(O)C1=O. The van der Waals surface area contributed by atoms with E-state index in [9.17, 15) is 14.7 Å². The number of carbonyl (C=O) groups is 2. The predicted octanol–water partition coefficient (Wildman–Crippen LogP) is 0.157. The van der Waals surface area contributed by atoms with Crippen LogP contribution in [-0.4, -0.2) is 22.5 Å². The number of hydrogen-bond donors (Lipinski definition) is 1. The molecule has 4 nitrogen and oxygen atoms in total. The molecule has 0 aliphatic carbocycles. The zero-order valence-corrected chi connectivity index (χ0v) is 7.17. The molecular formula is C8H10O4. The molecule has 66 valence electrons. The van der Waals surface area contributed by atoms with Crippen LogP contribution in [0.5, 0.6) is 0 Å². The Hall–Kier alpha value is -1.16. The minimum absolute atomic E-state index is 0.0417. The van der Waals surface area contributed by atoms with E-state index in [1.54, 1.807) is 0 Å². The molecule has 0 unspecified atom stereocenters. The molecule has 12 heavy (non-hydrogen) atoms. The van der Waals surface area contributed by atoms with Gasteiger partial charge in [-0.05, 0) is 13.8 Å². The van der Waals surface area contributed by atoms with Crippen LogP contribution in [0.15, 0.2) is 11.3 Å². The minimum Gasteiger partial charge on any atom is -0.459 e. The Morgan fingerprint density at radius 2 is 2.08 bits per heavy atom. The number of ketones is 2. The summed E-state index contributed by atoms with van der Waals surface area (Å²) in [5, 5.41) is 9.29. The average Bonchev–Trinajstić information content (AvgIpc) is 2.02. The molecule has 1 aliphatic rings. The summed E-state index contributed by atoms with van der Waals surface area (Å²) < 4.78 is 4.80. The molecule has 0 aromatic heterocycles. The second kappa shape index (κ2) is 2.42. The van der Waals surface area contributed by atoms with Crippen LogP contribution < -0.4 is 0 Å². The van der Waals surface area contributed by atoms with Gasteiger partial charge in [-0.25, -0.2) is 0 Å². The van der Waals surface area contributed by atoms with Crippen molar-refractivity contribution in [2.24, 2.45) is 0 Å². The maximum Gasteiger partial charge on any atom is 0.269 e. The molecule has 0 bridgehead atoms. The van der Waals surface area contributed by atoms with E-state index in [2.05, 4.69) is 0 Å². The first-order chi connectivity index (χ1) is 5.36. The number of carbonyl (C=O) groups excluding carboxylic acids is 2. The van der Waals surface area contributed by atoms with Crippen molar-refractivity contribution in [2.75, 3.05) is 0 Å². The molecule has 0 saturated heterocycles. The van der Waals surface area contributed by atoms with Crippen LogP contribution in [0, 0.1) is 0 Å². The van der Waals surface area contributed by atoms with Crippen molar-refractivity contribution < 1.29 is 19.4 Å². The fraction of sp³-hybridized carbons (Fsp3) is 0.500. The molecule has 1 aliphatic heterocycles. The lowest BCUT2D eigenvalue weighted by Gasteiger charge is -2.14. The van der Waals surface area contributed by atoms with Gasteiger partial charge in [-0.3, -0.25) is 9.59 Å². The highest BCUT2D eigenvalue weighted by Crippen LogP contribution is 2.28. The van der Waals surface area contributed by atoms with Gasteiger partial charge in [0, 0.05) is 6.92 Å². The lowest BCUT2D eigenvalue weighted by Crippen LogP contribution is -2.34. The van der Waals surface area contributed by atoms with Gasteiger partial charge < -0.3 is 9.84 Å². The second-order valence-electron chi connectivity index (χ2n) is 2.90. The quantitative estimate of drug-likeness (QED) is 0.569. The first kappa shape index (κ1) is 8.93. The van der Waals surface area contributed by atoms with Crippen molar-refractivity contribution in [3.63, 3.8) is 0 Å². The lowest BCUT2D eigenvalue weighted by molar-refractivity contribution is -0.169. The third-order valence-corrected chi connectivity index (χ3v) is 1.70. The van der Waals surface area contributed by atoms with Gasteiger partial charge in [0.25, 0.3) is 5.79 Å². The number of hydrogen-bond acceptors (Lipinski definition) is 4. The van der Waals surface area contributed by atoms with E-state index < -0.39 is 11.6 Å². The normalized spacial score (nSPS) is 29.2. The zero-order valence-electron chi connectivity index (χ0n) is 7.17. The van der Waals surface area contributed by atoms with Crippen molar-refractivity contribution in [2.45, 2.75) is 26.6 Å². The van der Waals surface area contributed by atoms with E-state index in [1.807, 2.05) is 0 Å². The fourth-order valence-electron chi connectivity index (χ4n) is 1.20. The molecule has 0 aromatic carbocycles. The average molecular weight is 170 g/mol. The van der Waals surface area contributed by atoms with E-state index in [4.69, 9.17) is 4.74 Å². The molecule has 1 atom stereocenters. The van der Waals surface area contributed by atoms with E-state index >= 15 is 0 Å². The Labute approximate surface area is 69.8 Å². The van der Waals surface area contributed by atoms with E-state index in [0.717, 1.165) is 0 Å². The smallest absolute Gasteiger partial charge is 0.269 e. The van der Waals surface area contributed by atoms with Crippen LogP contribution in [-0.2, 0) is 14.3 Å². The Morgan fingerprint density at radius 3 is 2.25 bits per heavy atom. The Kier molecular flexibility index (Phi) is 1.80. The molecule has 0 amide bonds. The molecule has 0 saturated carbocycles. The standard InChI is InChI=1S/C8H10O4/c1-4(9)6-5(2)12-8(3,11)7(6)10/h11H,1-3H3/t8-/m0/s1. The summed E-state index contributed by atoms with van der Waals surface area (Å²) in [6.07, 6.45) is 0. The first-order valence-electron chi connectivity index (χ1n) is 3.54. The summed E-state index contributed by atoms with van der Waals surface area (Å²) in [6.45, 7) is 3.96. The van der Waals surface area contributed by atoms with Gasteiger partial charge in [0.15, 0.2) is 5.78 Å². The number of rotatable bonds is 1. The number of ether oxygens (including phenoxy) is 1. The summed E-state index contributed by atoms with van der Waals surface area (Å²) in [6, 6.07) is 0. The predicted molar refractivity (Wildman–Crippen MR) is 40.1 cm³/mol. The molecule has 4 heteroatoms. The monoisotopic (exact) mass is 170 g/mol. The van der Waals surface area contributed by atoms with E-state index in [-0.39, 0.29) is 17.1 Å². The molecule has 0 radical (unpaired) electrons. The van der Waals surface area contributed by atoms with Crippen molar-refractivity contribution in [3.8, 4) is 0 Å². The van der Waals surface area contributed by atoms with Gasteiger partial charge in [0.2, 0.25) is 5.78 Å². The van der Waals surface area contributed by atoms with Crippen LogP contribution in [0.4, 0.5) is 0 Å². The summed E-state index contributed by atoms with van der Waals surface area (Å²) >= 11 is 0. The van der Waals surface area contributed by atoms with Crippen molar-refractivity contribution in [1.82, 2.24) is 0 Å². The summed E-state index contributed by atoms with van der Waals surface area (Å²) in [5.41, 5.74) is -0.0417. The third kappa shape index (κ3) is 1.14. The molecule has 1 rings (SSSR count).